The van der Waals surface area contributed by atoms with Crippen molar-refractivity contribution in [1.82, 2.24) is 5.43 Å². The summed E-state index contributed by atoms with van der Waals surface area (Å²) >= 11 is 0. The van der Waals surface area contributed by atoms with Crippen molar-refractivity contribution in [2.24, 2.45) is 5.10 Å². The van der Waals surface area contributed by atoms with Gasteiger partial charge in [-0.25, -0.2) is 5.43 Å². The molecule has 2 aromatic carbocycles. The van der Waals surface area contributed by atoms with Crippen molar-refractivity contribution in [2.75, 3.05) is 6.61 Å². The maximum absolute atomic E-state index is 11.6. The van der Waals surface area contributed by atoms with E-state index in [1.807, 2.05) is 42.5 Å². The van der Waals surface area contributed by atoms with Crippen molar-refractivity contribution in [3.05, 3.63) is 42.5 Å². The molecule has 21 heavy (non-hydrogen) atoms. The Balaban J connectivity index is 1.81. The third-order valence-corrected chi connectivity index (χ3v) is 3.06. The second-order valence-corrected chi connectivity index (χ2v) is 4.79. The summed E-state index contributed by atoms with van der Waals surface area (Å²) in [5.74, 6) is 0.426. The predicted octanol–water partition coefficient (Wildman–Crippen LogP) is 3.51. The first-order chi connectivity index (χ1) is 10.3. The summed E-state index contributed by atoms with van der Waals surface area (Å²) in [5.41, 5.74) is 2.45. The van der Waals surface area contributed by atoms with E-state index in [0.29, 0.717) is 5.75 Å². The molecule has 0 atom stereocenters. The smallest absolute Gasteiger partial charge is 0.277 e. The number of hydrogen-bond donors (Lipinski definition) is 1. The van der Waals surface area contributed by atoms with Crippen molar-refractivity contribution >= 4 is 22.9 Å². The van der Waals surface area contributed by atoms with Gasteiger partial charge in [0.15, 0.2) is 6.61 Å². The molecule has 1 N–H and O–H groups in total. The number of amides is 1. The van der Waals surface area contributed by atoms with Gasteiger partial charge in [-0.1, -0.05) is 43.7 Å². The Morgan fingerprint density at radius 1 is 1.24 bits per heavy atom. The molecule has 0 fully saturated rings. The number of hydrazone groups is 1. The molecule has 0 saturated heterocycles. The molecule has 2 aromatic rings. The number of carbonyl (C=O) groups is 1. The van der Waals surface area contributed by atoms with Gasteiger partial charge in [-0.15, -0.1) is 0 Å². The van der Waals surface area contributed by atoms with E-state index in [1.165, 1.54) is 0 Å². The van der Waals surface area contributed by atoms with Crippen LogP contribution < -0.4 is 10.2 Å². The summed E-state index contributed by atoms with van der Waals surface area (Å²) in [4.78, 5) is 11.6. The third-order valence-electron chi connectivity index (χ3n) is 3.06. The molecular weight excluding hydrogens is 264 g/mol. The molecule has 110 valence electrons. The van der Waals surface area contributed by atoms with Crippen LogP contribution in [0.4, 0.5) is 0 Å². The molecule has 4 nitrogen and oxygen atoms in total. The Labute approximate surface area is 124 Å². The summed E-state index contributed by atoms with van der Waals surface area (Å²) in [6.45, 7) is 2.08. The molecule has 0 unspecified atom stereocenters. The van der Waals surface area contributed by atoms with Crippen LogP contribution in [0.15, 0.2) is 47.6 Å². The number of nitrogens with zero attached hydrogens (tertiary/aromatic N) is 1. The highest BCUT2D eigenvalue weighted by molar-refractivity contribution is 5.84. The van der Waals surface area contributed by atoms with Crippen LogP contribution in [0.1, 0.15) is 26.2 Å². The minimum absolute atomic E-state index is 0.0382. The van der Waals surface area contributed by atoms with Crippen LogP contribution in [0.2, 0.25) is 0 Å². The van der Waals surface area contributed by atoms with E-state index in [-0.39, 0.29) is 12.5 Å². The van der Waals surface area contributed by atoms with E-state index in [9.17, 15) is 4.79 Å². The highest BCUT2D eigenvalue weighted by Crippen LogP contribution is 2.20. The minimum Gasteiger partial charge on any atom is -0.484 e. The Hall–Kier alpha value is -2.36. The van der Waals surface area contributed by atoms with Crippen LogP contribution in [0.25, 0.3) is 10.8 Å². The highest BCUT2D eigenvalue weighted by Gasteiger charge is 2.02. The quantitative estimate of drug-likeness (QED) is 0.480. The monoisotopic (exact) mass is 284 g/mol. The van der Waals surface area contributed by atoms with Crippen LogP contribution in [0.3, 0.4) is 0 Å². The Kier molecular flexibility index (Phi) is 5.76. The normalized spacial score (nSPS) is 10.9. The van der Waals surface area contributed by atoms with Crippen molar-refractivity contribution < 1.29 is 9.53 Å². The van der Waals surface area contributed by atoms with Gasteiger partial charge < -0.3 is 4.74 Å². The number of unbranched alkanes of at least 4 members (excludes halogenated alkanes) is 2. The van der Waals surface area contributed by atoms with Crippen LogP contribution in [0.5, 0.6) is 5.75 Å². The summed E-state index contributed by atoms with van der Waals surface area (Å²) < 4.78 is 5.47. The number of benzene rings is 2. The number of hydrogen-bond acceptors (Lipinski definition) is 3. The first-order valence-corrected chi connectivity index (χ1v) is 7.21. The third kappa shape index (κ3) is 4.91. The molecule has 0 aliphatic carbocycles. The van der Waals surface area contributed by atoms with Crippen molar-refractivity contribution in [1.29, 1.82) is 0 Å². The van der Waals surface area contributed by atoms with Crippen LogP contribution in [0, 0.1) is 0 Å². The summed E-state index contributed by atoms with van der Waals surface area (Å²) in [6.07, 6.45) is 4.79. The zero-order chi connectivity index (χ0) is 14.9. The van der Waals surface area contributed by atoms with Gasteiger partial charge in [0.2, 0.25) is 0 Å². The number of ether oxygens (including phenoxy) is 1. The predicted molar refractivity (Wildman–Crippen MR) is 85.6 cm³/mol. The summed E-state index contributed by atoms with van der Waals surface area (Å²) in [7, 11) is 0. The largest absolute Gasteiger partial charge is 0.484 e. The van der Waals surface area contributed by atoms with E-state index in [0.717, 1.165) is 30.0 Å². The van der Waals surface area contributed by atoms with E-state index >= 15 is 0 Å². The molecule has 0 spiro atoms. The van der Waals surface area contributed by atoms with E-state index in [4.69, 9.17) is 4.74 Å². The van der Waals surface area contributed by atoms with Crippen LogP contribution >= 0.6 is 0 Å². The van der Waals surface area contributed by atoms with Gasteiger partial charge in [-0.05, 0) is 35.7 Å². The lowest BCUT2D eigenvalue weighted by molar-refractivity contribution is -0.123. The molecule has 0 aliphatic rings. The first kappa shape index (κ1) is 15.0. The minimum atomic E-state index is -0.254. The topological polar surface area (TPSA) is 50.7 Å². The van der Waals surface area contributed by atoms with Gasteiger partial charge in [-0.2, -0.15) is 5.10 Å². The average Bonchev–Trinajstić information content (AvgIpc) is 2.52. The fourth-order valence-corrected chi connectivity index (χ4v) is 1.92. The summed E-state index contributed by atoms with van der Waals surface area (Å²) in [5, 5.41) is 6.11. The van der Waals surface area contributed by atoms with Gasteiger partial charge in [0.05, 0.1) is 0 Å². The summed E-state index contributed by atoms with van der Waals surface area (Å²) in [6, 6.07) is 13.8. The lowest BCUT2D eigenvalue weighted by Gasteiger charge is -2.06. The Bertz CT molecular complexity index is 623. The van der Waals surface area contributed by atoms with Crippen molar-refractivity contribution in [3.63, 3.8) is 0 Å². The standard InChI is InChI=1S/C17H20N2O2/c1-2-3-6-11-18-19-17(20)13-21-16-10-9-14-7-4-5-8-15(14)12-16/h4-5,7-12H,2-3,6,13H2,1H3,(H,19,20)/b18-11-. The molecule has 0 radical (unpaired) electrons. The molecule has 0 saturated carbocycles. The lowest BCUT2D eigenvalue weighted by Crippen LogP contribution is -2.24. The molecule has 4 heteroatoms. The lowest BCUT2D eigenvalue weighted by atomic mass is 10.1. The van der Waals surface area contributed by atoms with Crippen molar-refractivity contribution in [3.8, 4) is 5.75 Å². The molecule has 0 aromatic heterocycles. The Morgan fingerprint density at radius 3 is 2.86 bits per heavy atom. The molecule has 0 aliphatic heterocycles. The van der Waals surface area contributed by atoms with E-state index in [1.54, 1.807) is 6.21 Å². The maximum atomic E-state index is 11.6. The van der Waals surface area contributed by atoms with E-state index < -0.39 is 0 Å². The number of rotatable bonds is 7. The molecule has 0 heterocycles. The molecular formula is C17H20N2O2. The van der Waals surface area contributed by atoms with Crippen LogP contribution in [-0.2, 0) is 4.79 Å². The zero-order valence-electron chi connectivity index (χ0n) is 12.2. The molecule has 2 rings (SSSR count). The maximum Gasteiger partial charge on any atom is 0.277 e. The first-order valence-electron chi connectivity index (χ1n) is 7.21. The van der Waals surface area contributed by atoms with Gasteiger partial charge >= 0.3 is 0 Å². The van der Waals surface area contributed by atoms with Crippen molar-refractivity contribution in [2.45, 2.75) is 26.2 Å². The second-order valence-electron chi connectivity index (χ2n) is 4.79. The number of fused-ring (bicyclic) bond motifs is 1. The van der Waals surface area contributed by atoms with Gasteiger partial charge in [0.25, 0.3) is 5.91 Å². The van der Waals surface area contributed by atoms with Crippen LogP contribution in [-0.4, -0.2) is 18.7 Å². The van der Waals surface area contributed by atoms with Gasteiger partial charge in [-0.3, -0.25) is 4.79 Å². The molecule has 0 bridgehead atoms. The number of nitrogens with one attached hydrogen (secondary N) is 1. The fraction of sp³-hybridized carbons (Fsp3) is 0.294. The number of carbonyl (C=O) groups excluding carboxylic acids is 1. The fourth-order valence-electron chi connectivity index (χ4n) is 1.92. The van der Waals surface area contributed by atoms with Gasteiger partial charge in [0, 0.05) is 6.21 Å². The molecule has 1 amide bonds. The van der Waals surface area contributed by atoms with Gasteiger partial charge in [0.1, 0.15) is 5.75 Å². The average molecular weight is 284 g/mol. The zero-order valence-corrected chi connectivity index (χ0v) is 12.2. The Morgan fingerprint density at radius 2 is 2.05 bits per heavy atom. The van der Waals surface area contributed by atoms with E-state index in [2.05, 4.69) is 17.5 Å². The SMILES string of the molecule is CCCC/C=N\NC(=O)COc1ccc2ccccc2c1. The highest BCUT2D eigenvalue weighted by atomic mass is 16.5. The second kappa shape index (κ2) is 8.04.